The lowest BCUT2D eigenvalue weighted by Gasteiger charge is -2.23. The van der Waals surface area contributed by atoms with Crippen LogP contribution >= 0.6 is 11.6 Å². The molecule has 1 saturated heterocycles. The van der Waals surface area contributed by atoms with Crippen LogP contribution in [0.4, 0.5) is 5.82 Å². The molecule has 1 fully saturated rings. The number of aromatic nitrogens is 2. The van der Waals surface area contributed by atoms with E-state index in [4.69, 9.17) is 11.6 Å². The second-order valence-electron chi connectivity index (χ2n) is 3.66. The number of hydrogen-bond acceptors (Lipinski definition) is 4. The number of hydrogen-bond donors (Lipinski definition) is 2. The fourth-order valence-electron chi connectivity index (χ4n) is 1.62. The summed E-state index contributed by atoms with van der Waals surface area (Å²) in [7, 11) is -0.690. The van der Waals surface area contributed by atoms with E-state index in [0.29, 0.717) is 17.3 Å². The SMILES string of the molecule is O=c1[nH]cnc(NC2CCS(=O)CC2)c1Cl. The number of H-pyrrole nitrogens is 1. The van der Waals surface area contributed by atoms with Crippen molar-refractivity contribution in [2.75, 3.05) is 16.8 Å². The van der Waals surface area contributed by atoms with E-state index in [1.165, 1.54) is 6.33 Å². The minimum absolute atomic E-state index is 0.0780. The van der Waals surface area contributed by atoms with E-state index in [-0.39, 0.29) is 16.6 Å². The van der Waals surface area contributed by atoms with Crippen LogP contribution in [0.15, 0.2) is 11.1 Å². The maximum Gasteiger partial charge on any atom is 0.271 e. The molecule has 0 spiro atoms. The molecule has 0 saturated carbocycles. The summed E-state index contributed by atoms with van der Waals surface area (Å²) in [5.41, 5.74) is -0.349. The Hall–Kier alpha value is -0.880. The number of nitrogens with zero attached hydrogens (tertiary/aromatic N) is 1. The van der Waals surface area contributed by atoms with Crippen LogP contribution in [0.3, 0.4) is 0 Å². The van der Waals surface area contributed by atoms with Crippen LogP contribution in [-0.4, -0.2) is 31.7 Å². The summed E-state index contributed by atoms with van der Waals surface area (Å²) in [5.74, 6) is 1.79. The lowest BCUT2D eigenvalue weighted by atomic mass is 10.1. The fourth-order valence-corrected chi connectivity index (χ4v) is 3.07. The normalized spacial score (nSPS) is 25.3. The molecule has 0 aromatic carbocycles. The van der Waals surface area contributed by atoms with Crippen molar-refractivity contribution in [1.29, 1.82) is 0 Å². The smallest absolute Gasteiger partial charge is 0.271 e. The van der Waals surface area contributed by atoms with Gasteiger partial charge in [-0.2, -0.15) is 0 Å². The zero-order valence-corrected chi connectivity index (χ0v) is 10.1. The molecule has 7 heteroatoms. The average Bonchev–Trinajstić information content (AvgIpc) is 2.28. The van der Waals surface area contributed by atoms with Gasteiger partial charge in [0.15, 0.2) is 5.82 Å². The molecule has 1 aliphatic rings. The molecule has 1 aromatic heterocycles. The maximum atomic E-state index is 11.2. The number of anilines is 1. The maximum absolute atomic E-state index is 11.2. The molecule has 2 N–H and O–H groups in total. The molecular formula is C9H12ClN3O2S. The molecule has 5 nitrogen and oxygen atoms in total. The van der Waals surface area contributed by atoms with Gasteiger partial charge in [0.1, 0.15) is 5.02 Å². The minimum Gasteiger partial charge on any atom is -0.366 e. The van der Waals surface area contributed by atoms with Gasteiger partial charge in [-0.1, -0.05) is 11.6 Å². The van der Waals surface area contributed by atoms with Crippen molar-refractivity contribution in [1.82, 2.24) is 9.97 Å². The second kappa shape index (κ2) is 4.97. The molecule has 0 bridgehead atoms. The highest BCUT2D eigenvalue weighted by Crippen LogP contribution is 2.18. The zero-order valence-electron chi connectivity index (χ0n) is 8.53. The second-order valence-corrected chi connectivity index (χ2v) is 5.74. The first-order chi connectivity index (χ1) is 7.66. The summed E-state index contributed by atoms with van der Waals surface area (Å²) in [6.45, 7) is 0. The van der Waals surface area contributed by atoms with E-state index >= 15 is 0 Å². The van der Waals surface area contributed by atoms with Gasteiger partial charge in [-0.05, 0) is 12.8 Å². The monoisotopic (exact) mass is 261 g/mol. The van der Waals surface area contributed by atoms with Crippen LogP contribution in [0.5, 0.6) is 0 Å². The van der Waals surface area contributed by atoms with Crippen LogP contribution in [0.1, 0.15) is 12.8 Å². The Bertz CT molecular complexity index is 452. The van der Waals surface area contributed by atoms with Gasteiger partial charge in [-0.15, -0.1) is 0 Å². The minimum atomic E-state index is -0.690. The van der Waals surface area contributed by atoms with Gasteiger partial charge in [-0.3, -0.25) is 9.00 Å². The lowest BCUT2D eigenvalue weighted by Crippen LogP contribution is -2.30. The summed E-state index contributed by atoms with van der Waals surface area (Å²) in [4.78, 5) is 17.6. The zero-order chi connectivity index (χ0) is 11.5. The largest absolute Gasteiger partial charge is 0.366 e. The van der Waals surface area contributed by atoms with Gasteiger partial charge in [0, 0.05) is 28.3 Å². The predicted molar refractivity (Wildman–Crippen MR) is 64.4 cm³/mol. The summed E-state index contributed by atoms with van der Waals surface area (Å²) in [6.07, 6.45) is 2.95. The van der Waals surface area contributed by atoms with E-state index in [9.17, 15) is 9.00 Å². The van der Waals surface area contributed by atoms with Gasteiger partial charge in [0.05, 0.1) is 6.33 Å². The number of rotatable bonds is 2. The van der Waals surface area contributed by atoms with Crippen molar-refractivity contribution in [2.24, 2.45) is 0 Å². The van der Waals surface area contributed by atoms with Gasteiger partial charge in [0.25, 0.3) is 5.56 Å². The third-order valence-electron chi connectivity index (χ3n) is 2.53. The summed E-state index contributed by atoms with van der Waals surface area (Å²) in [6, 6.07) is 0.199. The number of aromatic amines is 1. The van der Waals surface area contributed by atoms with Gasteiger partial charge in [0.2, 0.25) is 0 Å². The average molecular weight is 262 g/mol. The molecule has 0 amide bonds. The molecule has 0 radical (unpaired) electrons. The van der Waals surface area contributed by atoms with Crippen molar-refractivity contribution in [3.8, 4) is 0 Å². The Morgan fingerprint density at radius 1 is 1.50 bits per heavy atom. The molecule has 1 aromatic rings. The Balaban J connectivity index is 2.07. The first-order valence-corrected chi connectivity index (χ1v) is 6.88. The van der Waals surface area contributed by atoms with Gasteiger partial charge >= 0.3 is 0 Å². The third-order valence-corrected chi connectivity index (χ3v) is 4.26. The Morgan fingerprint density at radius 2 is 2.19 bits per heavy atom. The molecule has 88 valence electrons. The first-order valence-electron chi connectivity index (χ1n) is 5.01. The summed E-state index contributed by atoms with van der Waals surface area (Å²) in [5, 5.41) is 3.19. The molecular weight excluding hydrogens is 250 g/mol. The van der Waals surface area contributed by atoms with Crippen molar-refractivity contribution in [2.45, 2.75) is 18.9 Å². The molecule has 16 heavy (non-hydrogen) atoms. The molecule has 2 rings (SSSR count). The van der Waals surface area contributed by atoms with Crippen LogP contribution in [-0.2, 0) is 10.8 Å². The Kier molecular flexibility index (Phi) is 3.60. The van der Waals surface area contributed by atoms with Crippen molar-refractivity contribution >= 4 is 28.2 Å². The predicted octanol–water partition coefficient (Wildman–Crippen LogP) is 0.746. The Labute approximate surface area is 100 Å². The number of nitrogens with one attached hydrogen (secondary N) is 2. The van der Waals surface area contributed by atoms with E-state index in [1.807, 2.05) is 0 Å². The van der Waals surface area contributed by atoms with Crippen molar-refractivity contribution in [3.05, 3.63) is 21.7 Å². The standard InChI is InChI=1S/C9H12ClN3O2S/c10-7-8(11-5-12-9(7)14)13-6-1-3-16(15)4-2-6/h5-6H,1-4H2,(H2,11,12,13,14). The van der Waals surface area contributed by atoms with E-state index < -0.39 is 10.8 Å². The topological polar surface area (TPSA) is 74.8 Å². The van der Waals surface area contributed by atoms with Gasteiger partial charge < -0.3 is 10.3 Å². The number of halogens is 1. The summed E-state index contributed by atoms with van der Waals surface area (Å²) < 4.78 is 11.2. The highest BCUT2D eigenvalue weighted by atomic mass is 35.5. The molecule has 2 heterocycles. The lowest BCUT2D eigenvalue weighted by molar-refractivity contribution is 0.622. The van der Waals surface area contributed by atoms with Crippen LogP contribution in [0, 0.1) is 0 Å². The quantitative estimate of drug-likeness (QED) is 0.824. The van der Waals surface area contributed by atoms with Crippen LogP contribution < -0.4 is 10.9 Å². The van der Waals surface area contributed by atoms with E-state index in [1.54, 1.807) is 0 Å². The van der Waals surface area contributed by atoms with Crippen molar-refractivity contribution < 1.29 is 4.21 Å². The highest BCUT2D eigenvalue weighted by molar-refractivity contribution is 7.85. The fraction of sp³-hybridized carbons (Fsp3) is 0.556. The van der Waals surface area contributed by atoms with E-state index in [0.717, 1.165) is 12.8 Å². The first kappa shape index (κ1) is 11.6. The molecule has 0 atom stereocenters. The van der Waals surface area contributed by atoms with Crippen LogP contribution in [0.2, 0.25) is 5.02 Å². The molecule has 0 aliphatic carbocycles. The van der Waals surface area contributed by atoms with Crippen molar-refractivity contribution in [3.63, 3.8) is 0 Å². The molecule has 1 aliphatic heterocycles. The van der Waals surface area contributed by atoms with Crippen LogP contribution in [0.25, 0.3) is 0 Å². The third kappa shape index (κ3) is 2.62. The highest BCUT2D eigenvalue weighted by Gasteiger charge is 2.19. The molecule has 0 unspecified atom stereocenters. The Morgan fingerprint density at radius 3 is 2.88 bits per heavy atom. The summed E-state index contributed by atoms with van der Waals surface area (Å²) >= 11 is 5.81. The van der Waals surface area contributed by atoms with E-state index in [2.05, 4.69) is 15.3 Å². The van der Waals surface area contributed by atoms with Gasteiger partial charge in [-0.25, -0.2) is 4.98 Å².